The number of rotatable bonds is 3. The predicted molar refractivity (Wildman–Crippen MR) is 79.0 cm³/mol. The lowest BCUT2D eigenvalue weighted by molar-refractivity contribution is 0.0784. The van der Waals surface area contributed by atoms with E-state index < -0.39 is 0 Å². The minimum Gasteiger partial charge on any atom is -0.337 e. The van der Waals surface area contributed by atoms with E-state index in [4.69, 9.17) is 0 Å². The van der Waals surface area contributed by atoms with Gasteiger partial charge in [-0.15, -0.1) is 0 Å². The van der Waals surface area contributed by atoms with Crippen LogP contribution in [0.3, 0.4) is 0 Å². The van der Waals surface area contributed by atoms with Crippen molar-refractivity contribution in [3.05, 3.63) is 56.2 Å². The van der Waals surface area contributed by atoms with Crippen LogP contribution < -0.4 is 0 Å². The second-order valence-electron chi connectivity index (χ2n) is 4.23. The standard InChI is InChI=1S/C14H14BrNOS/c1-10-4-3-5-12(13(10)15)14(17)16(2)8-11-6-7-18-9-11/h3-7,9H,8H2,1-2H3. The number of aryl methyl sites for hydroxylation is 1. The topological polar surface area (TPSA) is 20.3 Å². The van der Waals surface area contributed by atoms with Crippen LogP contribution in [0.1, 0.15) is 21.5 Å². The van der Waals surface area contributed by atoms with Crippen molar-refractivity contribution >= 4 is 33.2 Å². The van der Waals surface area contributed by atoms with Gasteiger partial charge in [0.1, 0.15) is 0 Å². The Labute approximate surface area is 119 Å². The molecule has 0 saturated carbocycles. The van der Waals surface area contributed by atoms with E-state index in [1.54, 1.807) is 16.2 Å². The molecule has 0 N–H and O–H groups in total. The van der Waals surface area contributed by atoms with Crippen LogP contribution >= 0.6 is 27.3 Å². The summed E-state index contributed by atoms with van der Waals surface area (Å²) in [6, 6.07) is 7.79. The van der Waals surface area contributed by atoms with Crippen molar-refractivity contribution in [3.8, 4) is 0 Å². The number of halogens is 1. The quantitative estimate of drug-likeness (QED) is 0.833. The van der Waals surface area contributed by atoms with E-state index in [9.17, 15) is 4.79 Å². The first-order chi connectivity index (χ1) is 8.59. The highest BCUT2D eigenvalue weighted by atomic mass is 79.9. The van der Waals surface area contributed by atoms with Crippen molar-refractivity contribution in [2.45, 2.75) is 13.5 Å². The van der Waals surface area contributed by atoms with Crippen LogP contribution in [0.5, 0.6) is 0 Å². The molecular weight excluding hydrogens is 310 g/mol. The largest absolute Gasteiger partial charge is 0.337 e. The molecule has 0 spiro atoms. The molecule has 0 aliphatic heterocycles. The molecule has 0 fully saturated rings. The fourth-order valence-electron chi connectivity index (χ4n) is 1.75. The van der Waals surface area contributed by atoms with Crippen molar-refractivity contribution in [3.63, 3.8) is 0 Å². The Morgan fingerprint density at radius 1 is 1.39 bits per heavy atom. The first-order valence-corrected chi connectivity index (χ1v) is 7.35. The maximum absolute atomic E-state index is 12.3. The third kappa shape index (κ3) is 2.82. The second-order valence-corrected chi connectivity index (χ2v) is 5.80. The van der Waals surface area contributed by atoms with Crippen LogP contribution in [-0.4, -0.2) is 17.9 Å². The smallest absolute Gasteiger partial charge is 0.255 e. The SMILES string of the molecule is Cc1cccc(C(=O)N(C)Cc2ccsc2)c1Br. The molecule has 4 heteroatoms. The minimum atomic E-state index is 0.0387. The van der Waals surface area contributed by atoms with Crippen LogP contribution in [0.15, 0.2) is 39.5 Å². The number of benzene rings is 1. The molecule has 1 heterocycles. The van der Waals surface area contributed by atoms with Gasteiger partial charge in [0.15, 0.2) is 0 Å². The lowest BCUT2D eigenvalue weighted by Crippen LogP contribution is -2.26. The Kier molecular flexibility index (Phi) is 4.19. The number of carbonyl (C=O) groups excluding carboxylic acids is 1. The molecule has 18 heavy (non-hydrogen) atoms. The van der Waals surface area contributed by atoms with E-state index in [0.29, 0.717) is 12.1 Å². The van der Waals surface area contributed by atoms with Crippen LogP contribution in [0.25, 0.3) is 0 Å². The van der Waals surface area contributed by atoms with Crippen molar-refractivity contribution in [2.24, 2.45) is 0 Å². The molecule has 2 aromatic rings. The predicted octanol–water partition coefficient (Wildman–Crippen LogP) is 4.09. The summed E-state index contributed by atoms with van der Waals surface area (Å²) in [5, 5.41) is 4.09. The molecule has 0 bridgehead atoms. The molecule has 0 unspecified atom stereocenters. The number of hydrogen-bond acceptors (Lipinski definition) is 2. The molecule has 0 atom stereocenters. The highest BCUT2D eigenvalue weighted by Gasteiger charge is 2.15. The molecular formula is C14H14BrNOS. The maximum atomic E-state index is 12.3. The number of hydrogen-bond donors (Lipinski definition) is 0. The fourth-order valence-corrected chi connectivity index (χ4v) is 2.84. The summed E-state index contributed by atoms with van der Waals surface area (Å²) in [6.45, 7) is 2.63. The van der Waals surface area contributed by atoms with Gasteiger partial charge >= 0.3 is 0 Å². The van der Waals surface area contributed by atoms with Gasteiger partial charge in [0.05, 0.1) is 5.56 Å². The van der Waals surface area contributed by atoms with Crippen molar-refractivity contribution in [1.29, 1.82) is 0 Å². The Morgan fingerprint density at radius 3 is 2.83 bits per heavy atom. The summed E-state index contributed by atoms with van der Waals surface area (Å²) in [4.78, 5) is 14.1. The van der Waals surface area contributed by atoms with Crippen LogP contribution in [0, 0.1) is 6.92 Å². The summed E-state index contributed by atoms with van der Waals surface area (Å²) in [5.74, 6) is 0.0387. The minimum absolute atomic E-state index is 0.0387. The molecule has 0 aliphatic carbocycles. The van der Waals surface area contributed by atoms with Crippen LogP contribution in [0.2, 0.25) is 0 Å². The number of thiophene rings is 1. The monoisotopic (exact) mass is 323 g/mol. The van der Waals surface area contributed by atoms with Gasteiger partial charge < -0.3 is 4.90 Å². The van der Waals surface area contributed by atoms with E-state index in [1.807, 2.05) is 43.6 Å². The van der Waals surface area contributed by atoms with E-state index in [-0.39, 0.29) is 5.91 Å². The Bertz CT molecular complexity index is 551. The zero-order valence-electron chi connectivity index (χ0n) is 10.3. The fraction of sp³-hybridized carbons (Fsp3) is 0.214. The highest BCUT2D eigenvalue weighted by molar-refractivity contribution is 9.10. The number of amides is 1. The average molecular weight is 324 g/mol. The van der Waals surface area contributed by atoms with Crippen molar-refractivity contribution in [1.82, 2.24) is 4.90 Å². The molecule has 1 amide bonds. The zero-order valence-corrected chi connectivity index (χ0v) is 12.7. The van der Waals surface area contributed by atoms with Crippen LogP contribution in [0.4, 0.5) is 0 Å². The van der Waals surface area contributed by atoms with Crippen LogP contribution in [-0.2, 0) is 6.54 Å². The molecule has 2 rings (SSSR count). The molecule has 1 aromatic heterocycles. The van der Waals surface area contributed by atoms with Gasteiger partial charge in [0, 0.05) is 18.1 Å². The average Bonchev–Trinajstić information content (AvgIpc) is 2.84. The van der Waals surface area contributed by atoms with Gasteiger partial charge in [-0.2, -0.15) is 11.3 Å². The molecule has 1 aromatic carbocycles. The van der Waals surface area contributed by atoms with Gasteiger partial charge in [0.25, 0.3) is 5.91 Å². The molecule has 0 radical (unpaired) electrons. The molecule has 0 aliphatic rings. The Hall–Kier alpha value is -1.13. The summed E-state index contributed by atoms with van der Waals surface area (Å²) in [6.07, 6.45) is 0. The van der Waals surface area contributed by atoms with Gasteiger partial charge in [-0.25, -0.2) is 0 Å². The van der Waals surface area contributed by atoms with Crippen molar-refractivity contribution in [2.75, 3.05) is 7.05 Å². The molecule has 94 valence electrons. The zero-order chi connectivity index (χ0) is 13.1. The van der Waals surface area contributed by atoms with Gasteiger partial charge in [-0.1, -0.05) is 12.1 Å². The van der Waals surface area contributed by atoms with E-state index >= 15 is 0 Å². The highest BCUT2D eigenvalue weighted by Crippen LogP contribution is 2.22. The van der Waals surface area contributed by atoms with Crippen molar-refractivity contribution < 1.29 is 4.79 Å². The summed E-state index contributed by atoms with van der Waals surface area (Å²) in [7, 11) is 1.83. The first-order valence-electron chi connectivity index (χ1n) is 5.61. The van der Waals surface area contributed by atoms with Gasteiger partial charge in [-0.05, 0) is 56.9 Å². The third-order valence-corrected chi connectivity index (χ3v) is 4.55. The summed E-state index contributed by atoms with van der Waals surface area (Å²) < 4.78 is 0.882. The maximum Gasteiger partial charge on any atom is 0.255 e. The first kappa shape index (κ1) is 13.3. The number of carbonyl (C=O) groups is 1. The van der Waals surface area contributed by atoms with E-state index in [1.165, 1.54) is 5.56 Å². The van der Waals surface area contributed by atoms with E-state index in [0.717, 1.165) is 10.0 Å². The molecule has 0 saturated heterocycles. The number of nitrogens with zero attached hydrogens (tertiary/aromatic N) is 1. The van der Waals surface area contributed by atoms with Gasteiger partial charge in [0.2, 0.25) is 0 Å². The summed E-state index contributed by atoms with van der Waals surface area (Å²) in [5.41, 5.74) is 2.96. The lowest BCUT2D eigenvalue weighted by Gasteiger charge is -2.18. The third-order valence-electron chi connectivity index (χ3n) is 2.77. The normalized spacial score (nSPS) is 10.4. The second kappa shape index (κ2) is 5.67. The Balaban J connectivity index is 2.18. The van der Waals surface area contributed by atoms with E-state index in [2.05, 4.69) is 21.3 Å². The lowest BCUT2D eigenvalue weighted by atomic mass is 10.1. The molecule has 2 nitrogen and oxygen atoms in total. The Morgan fingerprint density at radius 2 is 2.17 bits per heavy atom. The van der Waals surface area contributed by atoms with Gasteiger partial charge in [-0.3, -0.25) is 4.79 Å². The summed E-state index contributed by atoms with van der Waals surface area (Å²) >= 11 is 5.13.